The van der Waals surface area contributed by atoms with Crippen LogP contribution in [0.4, 0.5) is 11.4 Å². The van der Waals surface area contributed by atoms with E-state index in [2.05, 4.69) is 48.1 Å². The summed E-state index contributed by atoms with van der Waals surface area (Å²) in [7, 11) is 0. The second-order valence-electron chi connectivity index (χ2n) is 6.97. The molecule has 0 aliphatic carbocycles. The third-order valence-corrected chi connectivity index (χ3v) is 8.11. The third-order valence-electron chi connectivity index (χ3n) is 4.60. The predicted octanol–water partition coefficient (Wildman–Crippen LogP) is 4.69. The highest BCUT2D eigenvalue weighted by Gasteiger charge is 2.23. The van der Waals surface area contributed by atoms with E-state index in [9.17, 15) is 19.2 Å². The number of anilines is 1. The van der Waals surface area contributed by atoms with Gasteiger partial charge in [-0.25, -0.2) is 9.64 Å². The normalized spacial score (nSPS) is 9.63. The highest BCUT2D eigenvalue weighted by atomic mass is 79.9. The largest absolute Gasteiger partial charge is 0.465 e. The van der Waals surface area contributed by atoms with E-state index in [0.717, 1.165) is 11.3 Å². The topological polar surface area (TPSA) is 196 Å². The average molecular weight is 700 g/mol. The molecule has 216 valence electrons. The summed E-state index contributed by atoms with van der Waals surface area (Å²) in [5.41, 5.74) is 5.43. The van der Waals surface area contributed by atoms with Crippen LogP contribution in [0, 0.1) is 29.2 Å². The lowest BCUT2D eigenvalue weighted by molar-refractivity contribution is -0.139. The molecule has 0 aliphatic heterocycles. The van der Waals surface area contributed by atoms with Gasteiger partial charge in [0.1, 0.15) is 32.7 Å². The van der Waals surface area contributed by atoms with Gasteiger partial charge in [0.25, 0.3) is 16.8 Å². The first kappa shape index (κ1) is 35.6. The van der Waals surface area contributed by atoms with E-state index >= 15 is 0 Å². The molecule has 0 radical (unpaired) electrons. The Hall–Kier alpha value is -3.40. The van der Waals surface area contributed by atoms with E-state index in [1.54, 1.807) is 26.4 Å². The number of carbonyl (C=O) groups is 2. The maximum absolute atomic E-state index is 11.8. The molecule has 0 unspecified atom stereocenters. The minimum atomic E-state index is -0.530. The molecule has 3 aromatic rings. The zero-order valence-corrected chi connectivity index (χ0v) is 27.0. The maximum atomic E-state index is 11.8. The zero-order valence-electron chi connectivity index (χ0n) is 22.0. The molecule has 0 aromatic carbocycles. The number of thiol groups is 1. The van der Waals surface area contributed by atoms with Crippen LogP contribution in [-0.4, -0.2) is 53.0 Å². The first-order valence-electron chi connectivity index (χ1n) is 11.1. The van der Waals surface area contributed by atoms with Crippen molar-refractivity contribution in [2.75, 3.05) is 36.8 Å². The molecule has 0 bridgehead atoms. The van der Waals surface area contributed by atoms with Crippen molar-refractivity contribution in [2.24, 2.45) is 0 Å². The minimum absolute atomic E-state index is 0.00455. The monoisotopic (exact) mass is 698 g/mol. The number of ether oxygens (including phenoxy) is 2. The molecule has 3 aromatic heterocycles. The van der Waals surface area contributed by atoms with E-state index < -0.39 is 17.1 Å². The second kappa shape index (κ2) is 17.4. The van der Waals surface area contributed by atoms with Gasteiger partial charge in [0.05, 0.1) is 36.1 Å². The number of pyridine rings is 2. The molecule has 3 rings (SSSR count). The van der Waals surface area contributed by atoms with Crippen LogP contribution >= 0.6 is 63.4 Å². The number of halogens is 1. The molecule has 41 heavy (non-hydrogen) atoms. The molecule has 17 heteroatoms. The van der Waals surface area contributed by atoms with Gasteiger partial charge < -0.3 is 25.2 Å². The first-order valence-corrected chi connectivity index (χ1v) is 16.0. The SMILES string of the molecule is CCOC(=O)CBr.CCOC(=O)c1sc2[nH]c(=O)c(C#N)c(SC)c2c1N.[C-]#[N+]c1c(SC)c(C#N)c(S)[nH]c1=O. The molecule has 0 saturated heterocycles. The number of hydrogen-bond donors (Lipinski definition) is 4. The standard InChI is InChI=1S/C12H11N3O3S2.C8H5N3OS2.C4H7BrO2/c1-3-18-12(17)9-7(14)6-8(19-2)5(4-13)10(16)15-11(6)20-9;1-10-5-6(14-2)4(3-9)8(13)11-7(5)12;1-2-7-4(6)3-5/h3,14H2,1-2H3,(H,15,16);2H3,(H2,11,12,13);2-3H2,1H3. The Morgan fingerprint density at radius 2 is 1.66 bits per heavy atom. The van der Waals surface area contributed by atoms with E-state index in [1.165, 1.54) is 23.5 Å². The Bertz CT molecular complexity index is 1680. The number of thiophene rings is 1. The zero-order chi connectivity index (χ0) is 31.3. The van der Waals surface area contributed by atoms with Crippen LogP contribution in [0.25, 0.3) is 15.1 Å². The van der Waals surface area contributed by atoms with E-state index in [-0.39, 0.29) is 45.0 Å². The number of nitrogens with zero attached hydrogens (tertiary/aromatic N) is 3. The fraction of sp³-hybridized carbons (Fsp3) is 0.292. The van der Waals surface area contributed by atoms with Gasteiger partial charge >= 0.3 is 11.9 Å². The number of aromatic nitrogens is 2. The van der Waals surface area contributed by atoms with Crippen molar-refractivity contribution in [1.82, 2.24) is 9.97 Å². The van der Waals surface area contributed by atoms with Crippen molar-refractivity contribution in [3.63, 3.8) is 0 Å². The van der Waals surface area contributed by atoms with Crippen LogP contribution in [0.1, 0.15) is 34.6 Å². The number of nitrogens with one attached hydrogen (secondary N) is 2. The molecule has 0 amide bonds. The summed E-state index contributed by atoms with van der Waals surface area (Å²) in [4.78, 5) is 54.7. The van der Waals surface area contributed by atoms with Crippen LogP contribution in [-0.2, 0) is 14.3 Å². The lowest BCUT2D eigenvalue weighted by atomic mass is 10.2. The number of fused-ring (bicyclic) bond motifs is 1. The third kappa shape index (κ3) is 8.79. The van der Waals surface area contributed by atoms with Crippen molar-refractivity contribution in [3.8, 4) is 12.1 Å². The van der Waals surface area contributed by atoms with E-state index in [4.69, 9.17) is 27.6 Å². The van der Waals surface area contributed by atoms with Gasteiger partial charge in [0, 0.05) is 15.2 Å². The summed E-state index contributed by atoms with van der Waals surface area (Å²) >= 11 is 10.4. The highest BCUT2D eigenvalue weighted by Crippen LogP contribution is 2.38. The number of carbonyl (C=O) groups excluding carboxylic acids is 2. The van der Waals surface area contributed by atoms with E-state index in [0.29, 0.717) is 31.9 Å². The fourth-order valence-electron chi connectivity index (χ4n) is 2.97. The Kier molecular flexibility index (Phi) is 15.1. The summed E-state index contributed by atoms with van der Waals surface area (Å²) in [5.74, 6) is -0.736. The lowest BCUT2D eigenvalue weighted by Gasteiger charge is -2.04. The maximum Gasteiger partial charge on any atom is 0.350 e. The number of H-pyrrole nitrogens is 2. The quantitative estimate of drug-likeness (QED) is 0.0916. The Morgan fingerprint density at radius 1 is 1.07 bits per heavy atom. The molecular weight excluding hydrogens is 676 g/mol. The van der Waals surface area contributed by atoms with Crippen LogP contribution in [0.5, 0.6) is 0 Å². The number of thioether (sulfide) groups is 2. The van der Waals surface area contributed by atoms with Crippen molar-refractivity contribution in [2.45, 2.75) is 28.7 Å². The Morgan fingerprint density at radius 3 is 2.10 bits per heavy atom. The number of nitriles is 2. The van der Waals surface area contributed by atoms with Gasteiger partial charge in [0.15, 0.2) is 0 Å². The van der Waals surface area contributed by atoms with Crippen molar-refractivity contribution >= 4 is 96.9 Å². The molecule has 0 spiro atoms. The first-order chi connectivity index (χ1) is 19.5. The minimum Gasteiger partial charge on any atom is -0.465 e. The highest BCUT2D eigenvalue weighted by molar-refractivity contribution is 9.09. The molecule has 4 N–H and O–H groups in total. The predicted molar refractivity (Wildman–Crippen MR) is 167 cm³/mol. The number of nitrogen functional groups attached to an aromatic ring is 1. The van der Waals surface area contributed by atoms with E-state index in [1.807, 2.05) is 12.1 Å². The van der Waals surface area contributed by atoms with Crippen LogP contribution in [0.2, 0.25) is 0 Å². The summed E-state index contributed by atoms with van der Waals surface area (Å²) in [5, 5.41) is 18.9. The molecule has 0 atom stereocenters. The fourth-order valence-corrected chi connectivity index (χ4v) is 5.99. The number of rotatable bonds is 6. The second-order valence-corrected chi connectivity index (χ2v) is 10.6. The van der Waals surface area contributed by atoms with Gasteiger partial charge in [-0.05, 0) is 26.4 Å². The number of esters is 2. The molecule has 0 fully saturated rings. The van der Waals surface area contributed by atoms with Gasteiger partial charge in [-0.1, -0.05) is 15.9 Å². The molecule has 0 saturated carbocycles. The summed E-state index contributed by atoms with van der Waals surface area (Å²) in [6.45, 7) is 11.0. The van der Waals surface area contributed by atoms with Crippen LogP contribution in [0.3, 0.4) is 0 Å². The van der Waals surface area contributed by atoms with Crippen molar-refractivity contribution in [1.29, 1.82) is 10.5 Å². The van der Waals surface area contributed by atoms with Crippen LogP contribution in [0.15, 0.2) is 24.4 Å². The van der Waals surface area contributed by atoms with Crippen molar-refractivity contribution < 1.29 is 19.1 Å². The van der Waals surface area contributed by atoms with Crippen molar-refractivity contribution in [3.05, 3.63) is 48.1 Å². The summed E-state index contributed by atoms with van der Waals surface area (Å²) in [6.07, 6.45) is 3.45. The van der Waals surface area contributed by atoms with Gasteiger partial charge in [0.2, 0.25) is 0 Å². The van der Waals surface area contributed by atoms with Gasteiger partial charge in [-0.3, -0.25) is 14.4 Å². The average Bonchev–Trinajstić information content (AvgIpc) is 3.28. The molecule has 12 nitrogen and oxygen atoms in total. The summed E-state index contributed by atoms with van der Waals surface area (Å²) < 4.78 is 9.43. The Labute approximate surface area is 261 Å². The van der Waals surface area contributed by atoms with Crippen LogP contribution < -0.4 is 16.9 Å². The number of alkyl halides is 1. The number of aromatic amines is 2. The van der Waals surface area contributed by atoms with Gasteiger partial charge in [-0.15, -0.1) is 47.5 Å². The van der Waals surface area contributed by atoms with Gasteiger partial charge in [-0.2, -0.15) is 10.5 Å². The molecule has 0 aliphatic rings. The number of hydrogen-bond acceptors (Lipinski definition) is 13. The lowest BCUT2D eigenvalue weighted by Crippen LogP contribution is -2.11. The Balaban J connectivity index is 0.000000347. The molecule has 3 heterocycles. The molecular formula is C24H23BrN6O6S4. The smallest absolute Gasteiger partial charge is 0.350 e. The summed E-state index contributed by atoms with van der Waals surface area (Å²) in [6, 6.07) is 3.77. The number of nitrogens with two attached hydrogens (primary N) is 1.